The highest BCUT2D eigenvalue weighted by molar-refractivity contribution is 5.75. The summed E-state index contributed by atoms with van der Waals surface area (Å²) in [5, 5.41) is 20.0. The van der Waals surface area contributed by atoms with Crippen molar-refractivity contribution in [2.75, 3.05) is 13.2 Å². The zero-order chi connectivity index (χ0) is 25.8. The van der Waals surface area contributed by atoms with Gasteiger partial charge in [-0.25, -0.2) is 4.68 Å². The van der Waals surface area contributed by atoms with Crippen molar-refractivity contribution in [3.05, 3.63) is 94.3 Å². The Morgan fingerprint density at radius 3 is 2.62 bits per heavy atom. The fraction of sp³-hybridized carbons (Fsp3) is 0.185. The molecule has 0 unspecified atom stereocenters. The molecule has 5 rings (SSSR count). The first-order valence-electron chi connectivity index (χ1n) is 11.8. The van der Waals surface area contributed by atoms with Gasteiger partial charge in [0.25, 0.3) is 5.56 Å². The molecule has 0 aliphatic rings. The van der Waals surface area contributed by atoms with E-state index in [0.717, 1.165) is 22.3 Å². The lowest BCUT2D eigenvalue weighted by Gasteiger charge is -2.11. The summed E-state index contributed by atoms with van der Waals surface area (Å²) in [7, 11) is 0. The van der Waals surface area contributed by atoms with Gasteiger partial charge in [0.05, 0.1) is 12.2 Å². The lowest BCUT2D eigenvalue weighted by molar-refractivity contribution is -0.122. The van der Waals surface area contributed by atoms with Crippen molar-refractivity contribution in [1.82, 2.24) is 34.9 Å². The fourth-order valence-corrected chi connectivity index (χ4v) is 3.87. The number of amides is 1. The first-order valence-corrected chi connectivity index (χ1v) is 11.8. The smallest absolute Gasteiger partial charge is 0.267 e. The summed E-state index contributed by atoms with van der Waals surface area (Å²) in [5.74, 6) is 0.637. The summed E-state index contributed by atoms with van der Waals surface area (Å²) in [6.07, 6.45) is 0. The van der Waals surface area contributed by atoms with Gasteiger partial charge in [0.2, 0.25) is 11.8 Å². The zero-order valence-corrected chi connectivity index (χ0v) is 20.5. The van der Waals surface area contributed by atoms with Crippen LogP contribution in [0, 0.1) is 13.8 Å². The number of carbonyl (C=O) groups is 1. The van der Waals surface area contributed by atoms with Crippen molar-refractivity contribution in [2.24, 2.45) is 0 Å². The molecule has 10 heteroatoms. The number of benzene rings is 2. The average Bonchev–Trinajstić information content (AvgIpc) is 3.33. The van der Waals surface area contributed by atoms with Crippen LogP contribution >= 0.6 is 0 Å². The predicted molar refractivity (Wildman–Crippen MR) is 138 cm³/mol. The van der Waals surface area contributed by atoms with Crippen LogP contribution in [0.25, 0.3) is 28.3 Å². The third-order valence-corrected chi connectivity index (χ3v) is 5.77. The molecule has 10 nitrogen and oxygen atoms in total. The lowest BCUT2D eigenvalue weighted by atomic mass is 10.0. The highest BCUT2D eigenvalue weighted by Crippen LogP contribution is 2.22. The van der Waals surface area contributed by atoms with E-state index in [1.165, 1.54) is 10.7 Å². The molecule has 3 heterocycles. The molecule has 0 saturated carbocycles. The molecule has 0 saturated heterocycles. The number of fused-ring (bicyclic) bond motifs is 1. The molecule has 0 fully saturated rings. The fourth-order valence-electron chi connectivity index (χ4n) is 3.87. The molecule has 0 bridgehead atoms. The molecule has 186 valence electrons. The highest BCUT2D eigenvalue weighted by Gasteiger charge is 2.12. The van der Waals surface area contributed by atoms with Crippen molar-refractivity contribution in [3.8, 4) is 28.5 Å². The summed E-state index contributed by atoms with van der Waals surface area (Å²) in [5.41, 5.74) is 4.84. The monoisotopic (exact) mass is 495 g/mol. The van der Waals surface area contributed by atoms with E-state index in [0.29, 0.717) is 23.0 Å². The largest absolute Gasteiger partial charge is 0.475 e. The number of carbonyl (C=O) groups excluding carboxylic acids is 1. The maximum atomic E-state index is 12.5. The molecule has 37 heavy (non-hydrogen) atoms. The van der Waals surface area contributed by atoms with E-state index in [2.05, 4.69) is 25.7 Å². The second-order valence-corrected chi connectivity index (χ2v) is 8.56. The van der Waals surface area contributed by atoms with E-state index in [-0.39, 0.29) is 31.2 Å². The number of aryl methyl sites for hydroxylation is 2. The highest BCUT2D eigenvalue weighted by atomic mass is 16.5. The Hall–Kier alpha value is -4.86. The van der Waals surface area contributed by atoms with Gasteiger partial charge < -0.3 is 10.1 Å². The van der Waals surface area contributed by atoms with E-state index < -0.39 is 0 Å². The first kappa shape index (κ1) is 23.9. The van der Waals surface area contributed by atoms with Crippen molar-refractivity contribution in [2.45, 2.75) is 20.4 Å². The second kappa shape index (κ2) is 10.4. The van der Waals surface area contributed by atoms with Crippen LogP contribution in [0.3, 0.4) is 0 Å². The van der Waals surface area contributed by atoms with Gasteiger partial charge in [-0.3, -0.25) is 9.59 Å². The van der Waals surface area contributed by atoms with Crippen LogP contribution in [-0.4, -0.2) is 48.7 Å². The SMILES string of the molecule is Cc1ccc(C)c(-c2ccc(=O)n(CC(=O)NCCOc3ccc4nnc(-c5ccccc5)n4n3)n2)c1. The van der Waals surface area contributed by atoms with E-state index in [1.807, 2.05) is 62.4 Å². The Morgan fingerprint density at radius 1 is 0.946 bits per heavy atom. The molecule has 1 amide bonds. The number of ether oxygens (including phenoxy) is 1. The quantitative estimate of drug-likeness (QED) is 0.329. The van der Waals surface area contributed by atoms with Crippen molar-refractivity contribution in [3.63, 3.8) is 0 Å². The molecular weight excluding hydrogens is 470 g/mol. The number of nitrogens with zero attached hydrogens (tertiary/aromatic N) is 6. The topological polar surface area (TPSA) is 116 Å². The molecule has 0 atom stereocenters. The summed E-state index contributed by atoms with van der Waals surface area (Å²) in [4.78, 5) is 24.8. The summed E-state index contributed by atoms with van der Waals surface area (Å²) in [6.45, 7) is 4.21. The molecular formula is C27H25N7O3. The molecule has 0 aliphatic heterocycles. The van der Waals surface area contributed by atoms with Crippen LogP contribution in [0.2, 0.25) is 0 Å². The molecule has 0 aliphatic carbocycles. The third-order valence-electron chi connectivity index (χ3n) is 5.77. The average molecular weight is 496 g/mol. The number of nitrogens with one attached hydrogen (secondary N) is 1. The van der Waals surface area contributed by atoms with Crippen LogP contribution in [0.1, 0.15) is 11.1 Å². The predicted octanol–water partition coefficient (Wildman–Crippen LogP) is 2.83. The summed E-state index contributed by atoms with van der Waals surface area (Å²) < 4.78 is 8.50. The first-order chi connectivity index (χ1) is 18.0. The molecule has 0 spiro atoms. The van der Waals surface area contributed by atoms with Crippen LogP contribution in [0.4, 0.5) is 0 Å². The minimum atomic E-state index is -0.346. The Morgan fingerprint density at radius 2 is 1.78 bits per heavy atom. The van der Waals surface area contributed by atoms with Gasteiger partial charge in [-0.15, -0.1) is 15.3 Å². The van der Waals surface area contributed by atoms with Gasteiger partial charge in [-0.05, 0) is 37.6 Å². The standard InChI is InChI=1S/C27H25N7O3/c1-18-8-9-19(2)21(16-18)22-10-13-26(36)33(31-22)17-24(35)28-14-15-37-25-12-11-23-29-30-27(34(23)32-25)20-6-4-3-5-7-20/h3-13,16H,14-15,17H2,1-2H3,(H,28,35). The van der Waals surface area contributed by atoms with Crippen molar-refractivity contribution >= 4 is 11.6 Å². The van der Waals surface area contributed by atoms with Gasteiger partial charge >= 0.3 is 0 Å². The Kier molecular flexibility index (Phi) is 6.71. The number of hydrogen-bond acceptors (Lipinski definition) is 7. The van der Waals surface area contributed by atoms with Gasteiger partial charge in [-0.1, -0.05) is 48.0 Å². The molecule has 0 radical (unpaired) electrons. The lowest BCUT2D eigenvalue weighted by Crippen LogP contribution is -2.35. The Bertz CT molecular complexity index is 1630. The van der Waals surface area contributed by atoms with Gasteiger partial charge in [-0.2, -0.15) is 9.61 Å². The maximum Gasteiger partial charge on any atom is 0.267 e. The maximum absolute atomic E-state index is 12.5. The van der Waals surface area contributed by atoms with E-state index in [9.17, 15) is 9.59 Å². The second-order valence-electron chi connectivity index (χ2n) is 8.56. The van der Waals surface area contributed by atoms with E-state index >= 15 is 0 Å². The van der Waals surface area contributed by atoms with Crippen LogP contribution in [-0.2, 0) is 11.3 Å². The van der Waals surface area contributed by atoms with Gasteiger partial charge in [0.1, 0.15) is 13.2 Å². The molecule has 5 aromatic rings. The van der Waals surface area contributed by atoms with E-state index in [4.69, 9.17) is 4.74 Å². The Labute approximate surface area is 212 Å². The Balaban J connectivity index is 1.19. The molecule has 1 N–H and O–H groups in total. The molecule has 2 aromatic carbocycles. The van der Waals surface area contributed by atoms with Crippen molar-refractivity contribution in [1.29, 1.82) is 0 Å². The van der Waals surface area contributed by atoms with Crippen molar-refractivity contribution < 1.29 is 9.53 Å². The normalized spacial score (nSPS) is 11.0. The summed E-state index contributed by atoms with van der Waals surface area (Å²) >= 11 is 0. The van der Waals surface area contributed by atoms with Gasteiger partial charge in [0, 0.05) is 23.3 Å². The van der Waals surface area contributed by atoms with Crippen LogP contribution < -0.4 is 15.6 Å². The van der Waals surface area contributed by atoms with Crippen LogP contribution in [0.15, 0.2) is 77.6 Å². The van der Waals surface area contributed by atoms with Crippen LogP contribution in [0.5, 0.6) is 5.88 Å². The minimum Gasteiger partial charge on any atom is -0.475 e. The number of aromatic nitrogens is 6. The minimum absolute atomic E-state index is 0.192. The zero-order valence-electron chi connectivity index (χ0n) is 20.5. The summed E-state index contributed by atoms with van der Waals surface area (Å²) in [6, 6.07) is 22.2. The molecule has 3 aromatic heterocycles. The van der Waals surface area contributed by atoms with Gasteiger partial charge in [0.15, 0.2) is 11.5 Å². The van der Waals surface area contributed by atoms with E-state index in [1.54, 1.807) is 22.7 Å². The third kappa shape index (κ3) is 5.37. The number of hydrogen-bond donors (Lipinski definition) is 1. The number of rotatable bonds is 8.